The molecular formula is C10H25N3. The molecule has 0 aliphatic carbocycles. The number of hydrogen-bond donors (Lipinski definition) is 0. The molecule has 2 rings (SSSR count). The van der Waals surface area contributed by atoms with Crippen molar-refractivity contribution < 1.29 is 0 Å². The minimum Gasteiger partial charge on any atom is -0.306 e. The van der Waals surface area contributed by atoms with Gasteiger partial charge in [0.25, 0.3) is 0 Å². The van der Waals surface area contributed by atoms with Crippen LogP contribution in [0.1, 0.15) is 14.4 Å². The Bertz CT molecular complexity index is 98.1. The van der Waals surface area contributed by atoms with Crippen LogP contribution < -0.4 is 0 Å². The highest BCUT2D eigenvalue weighted by molar-refractivity contribution is 4.71. The van der Waals surface area contributed by atoms with E-state index >= 15 is 0 Å². The van der Waals surface area contributed by atoms with Gasteiger partial charge in [0.1, 0.15) is 0 Å². The third-order valence-electron chi connectivity index (χ3n) is 2.21. The molecule has 3 heteroatoms. The van der Waals surface area contributed by atoms with Gasteiger partial charge in [-0.2, -0.15) is 0 Å². The number of hydrogen-bond acceptors (Lipinski definition) is 3. The largest absolute Gasteiger partial charge is 0.306 e. The Morgan fingerprint density at radius 1 is 0.846 bits per heavy atom. The molecule has 2 saturated heterocycles. The normalized spacial score (nSPS) is 24.9. The third kappa shape index (κ3) is 4.60. The van der Waals surface area contributed by atoms with E-state index < -0.39 is 0 Å². The molecule has 0 unspecified atom stereocenters. The highest BCUT2D eigenvalue weighted by Crippen LogP contribution is 2.09. The molecule has 0 atom stereocenters. The van der Waals surface area contributed by atoms with Crippen LogP contribution in [0, 0.1) is 5.92 Å². The van der Waals surface area contributed by atoms with E-state index in [9.17, 15) is 0 Å². The Morgan fingerprint density at radius 2 is 1.23 bits per heavy atom. The molecule has 80 valence electrons. The van der Waals surface area contributed by atoms with Gasteiger partial charge in [0.05, 0.1) is 13.3 Å². The molecule has 0 aromatic rings. The molecule has 0 aromatic heterocycles. The first-order valence-corrected chi connectivity index (χ1v) is 4.63. The molecule has 13 heavy (non-hydrogen) atoms. The SMILES string of the molecule is C.CC1CN(C)C1.CN1CN(C)C1. The van der Waals surface area contributed by atoms with Crippen LogP contribution in [0.5, 0.6) is 0 Å². The zero-order valence-electron chi connectivity index (χ0n) is 8.75. The second kappa shape index (κ2) is 5.58. The Balaban J connectivity index is 0.000000206. The maximum absolute atomic E-state index is 2.32. The predicted molar refractivity (Wildman–Crippen MR) is 58.7 cm³/mol. The Kier molecular flexibility index (Phi) is 5.53. The number of rotatable bonds is 0. The fourth-order valence-corrected chi connectivity index (χ4v) is 1.79. The quantitative estimate of drug-likeness (QED) is 0.560. The molecular weight excluding hydrogens is 162 g/mol. The van der Waals surface area contributed by atoms with Crippen molar-refractivity contribution in [3.63, 3.8) is 0 Å². The van der Waals surface area contributed by atoms with Crippen molar-refractivity contribution >= 4 is 0 Å². The summed E-state index contributed by atoms with van der Waals surface area (Å²) in [6.07, 6.45) is 0. The maximum Gasteiger partial charge on any atom is 0.0523 e. The first-order valence-electron chi connectivity index (χ1n) is 4.63. The molecule has 0 aromatic carbocycles. The van der Waals surface area contributed by atoms with E-state index in [4.69, 9.17) is 0 Å². The van der Waals surface area contributed by atoms with E-state index in [1.165, 1.54) is 13.1 Å². The standard InChI is InChI=1S/C5H11N.C4H10N2.CH4/c2*1-5-3-6(2)4-5;/h5H,3-4H2,1-2H3;3-4H2,1-2H3;1H4. The van der Waals surface area contributed by atoms with Gasteiger partial charge in [0.2, 0.25) is 0 Å². The molecule has 2 heterocycles. The van der Waals surface area contributed by atoms with E-state index in [0.29, 0.717) is 0 Å². The highest BCUT2D eigenvalue weighted by Gasteiger charge is 2.16. The first-order chi connectivity index (χ1) is 5.58. The lowest BCUT2D eigenvalue weighted by Crippen LogP contribution is -2.50. The third-order valence-corrected chi connectivity index (χ3v) is 2.21. The molecule has 0 saturated carbocycles. The van der Waals surface area contributed by atoms with Crippen LogP contribution in [0.3, 0.4) is 0 Å². The Morgan fingerprint density at radius 3 is 1.23 bits per heavy atom. The molecule has 0 radical (unpaired) electrons. The minimum absolute atomic E-state index is 0. The summed E-state index contributed by atoms with van der Waals surface area (Å²) in [5, 5.41) is 0. The topological polar surface area (TPSA) is 9.72 Å². The minimum atomic E-state index is 0. The van der Waals surface area contributed by atoms with Crippen molar-refractivity contribution in [2.45, 2.75) is 14.4 Å². The van der Waals surface area contributed by atoms with Gasteiger partial charge in [-0.1, -0.05) is 14.4 Å². The molecule has 0 spiro atoms. The van der Waals surface area contributed by atoms with Crippen molar-refractivity contribution in [3.8, 4) is 0 Å². The second-order valence-corrected chi connectivity index (χ2v) is 4.32. The first kappa shape index (κ1) is 12.9. The zero-order chi connectivity index (χ0) is 9.14. The lowest BCUT2D eigenvalue weighted by molar-refractivity contribution is 0.0149. The van der Waals surface area contributed by atoms with Crippen molar-refractivity contribution in [2.24, 2.45) is 5.92 Å². The van der Waals surface area contributed by atoms with Gasteiger partial charge in [0, 0.05) is 13.1 Å². The van der Waals surface area contributed by atoms with Gasteiger partial charge in [-0.3, -0.25) is 9.80 Å². The Hall–Kier alpha value is -0.120. The van der Waals surface area contributed by atoms with Crippen LogP contribution in [-0.2, 0) is 0 Å². The second-order valence-electron chi connectivity index (χ2n) is 4.32. The molecule has 0 bridgehead atoms. The van der Waals surface area contributed by atoms with Gasteiger partial charge in [0.15, 0.2) is 0 Å². The van der Waals surface area contributed by atoms with Gasteiger partial charge < -0.3 is 4.90 Å². The lowest BCUT2D eigenvalue weighted by atomic mass is 10.1. The summed E-state index contributed by atoms with van der Waals surface area (Å²) in [6.45, 7) is 7.17. The summed E-state index contributed by atoms with van der Waals surface area (Å²) >= 11 is 0. The average Bonchev–Trinajstić information content (AvgIpc) is 1.84. The van der Waals surface area contributed by atoms with Crippen LogP contribution in [0.25, 0.3) is 0 Å². The highest BCUT2D eigenvalue weighted by atomic mass is 15.5. The van der Waals surface area contributed by atoms with Crippen molar-refractivity contribution in [2.75, 3.05) is 47.6 Å². The van der Waals surface area contributed by atoms with Crippen LogP contribution in [-0.4, -0.2) is 62.3 Å². The summed E-state index contributed by atoms with van der Waals surface area (Å²) in [5.74, 6) is 0.968. The van der Waals surface area contributed by atoms with E-state index in [1.807, 2.05) is 0 Å². The summed E-state index contributed by atoms with van der Waals surface area (Å²) in [4.78, 5) is 6.82. The van der Waals surface area contributed by atoms with E-state index in [2.05, 4.69) is 42.8 Å². The number of nitrogens with zero attached hydrogens (tertiary/aromatic N) is 3. The van der Waals surface area contributed by atoms with Crippen molar-refractivity contribution in [3.05, 3.63) is 0 Å². The van der Waals surface area contributed by atoms with E-state index in [1.54, 1.807) is 0 Å². The molecule has 0 amide bonds. The number of likely N-dealkylation sites (tertiary alicyclic amines) is 1. The van der Waals surface area contributed by atoms with Crippen LogP contribution in [0.2, 0.25) is 0 Å². The van der Waals surface area contributed by atoms with Gasteiger partial charge in [-0.25, -0.2) is 0 Å². The van der Waals surface area contributed by atoms with Gasteiger partial charge in [-0.05, 0) is 27.1 Å². The molecule has 0 N–H and O–H groups in total. The van der Waals surface area contributed by atoms with Crippen LogP contribution in [0.4, 0.5) is 0 Å². The van der Waals surface area contributed by atoms with E-state index in [0.717, 1.165) is 19.3 Å². The molecule has 3 nitrogen and oxygen atoms in total. The lowest BCUT2D eigenvalue weighted by Gasteiger charge is -2.36. The van der Waals surface area contributed by atoms with Crippen LogP contribution in [0.15, 0.2) is 0 Å². The fraction of sp³-hybridized carbons (Fsp3) is 1.00. The molecule has 2 fully saturated rings. The summed E-state index contributed by atoms with van der Waals surface area (Å²) in [6, 6.07) is 0. The van der Waals surface area contributed by atoms with Gasteiger partial charge >= 0.3 is 0 Å². The summed E-state index contributed by atoms with van der Waals surface area (Å²) in [7, 11) is 6.38. The van der Waals surface area contributed by atoms with Crippen molar-refractivity contribution in [1.82, 2.24) is 14.7 Å². The predicted octanol–water partition coefficient (Wildman–Crippen LogP) is 0.983. The van der Waals surface area contributed by atoms with Crippen LogP contribution >= 0.6 is 0 Å². The zero-order valence-corrected chi connectivity index (χ0v) is 8.75. The van der Waals surface area contributed by atoms with Gasteiger partial charge in [-0.15, -0.1) is 0 Å². The molecule has 2 aliphatic rings. The Labute approximate surface area is 83.3 Å². The fourth-order valence-electron chi connectivity index (χ4n) is 1.79. The maximum atomic E-state index is 2.32. The van der Waals surface area contributed by atoms with E-state index in [-0.39, 0.29) is 7.43 Å². The van der Waals surface area contributed by atoms with Crippen molar-refractivity contribution in [1.29, 1.82) is 0 Å². The smallest absolute Gasteiger partial charge is 0.0523 e. The monoisotopic (exact) mass is 187 g/mol. The average molecular weight is 187 g/mol. The summed E-state index contributed by atoms with van der Waals surface area (Å²) < 4.78 is 0. The molecule has 2 aliphatic heterocycles. The summed E-state index contributed by atoms with van der Waals surface area (Å²) in [5.41, 5.74) is 0.